The fraction of sp³-hybridized carbons (Fsp3) is 0.526. The second-order valence-electron chi connectivity index (χ2n) is 6.49. The Kier molecular flexibility index (Phi) is 5.69. The predicted molar refractivity (Wildman–Crippen MR) is 93.1 cm³/mol. The van der Waals surface area contributed by atoms with E-state index in [-0.39, 0.29) is 11.9 Å². The topological polar surface area (TPSA) is 51.5 Å². The van der Waals surface area contributed by atoms with E-state index in [2.05, 4.69) is 19.2 Å². The van der Waals surface area contributed by atoms with Gasteiger partial charge < -0.3 is 14.5 Å². The van der Waals surface area contributed by atoms with E-state index in [1.807, 2.05) is 39.0 Å². The van der Waals surface area contributed by atoms with Crippen molar-refractivity contribution in [1.82, 2.24) is 5.32 Å². The molecule has 0 aliphatic rings. The number of nitrogens with one attached hydrogen (secondary N) is 1. The number of hydrogen-bond donors (Lipinski definition) is 1. The molecule has 0 saturated heterocycles. The summed E-state index contributed by atoms with van der Waals surface area (Å²) in [6, 6.07) is 5.78. The first kappa shape index (κ1) is 17.4. The van der Waals surface area contributed by atoms with E-state index in [0.717, 1.165) is 29.5 Å². The lowest BCUT2D eigenvalue weighted by atomic mass is 10.0. The van der Waals surface area contributed by atoms with Crippen molar-refractivity contribution in [3.63, 3.8) is 0 Å². The van der Waals surface area contributed by atoms with Crippen LogP contribution in [0.1, 0.15) is 56.7 Å². The Morgan fingerprint density at radius 2 is 2.00 bits per heavy atom. The van der Waals surface area contributed by atoms with E-state index in [0.29, 0.717) is 23.9 Å². The highest BCUT2D eigenvalue weighted by atomic mass is 16.5. The highest BCUT2D eigenvalue weighted by Crippen LogP contribution is 2.29. The zero-order valence-electron chi connectivity index (χ0n) is 14.7. The molecule has 2 aromatic rings. The standard InChI is InChI=1S/C19H27NO3/c1-6-22-15-9-10-17-16(11-15)14(5)18(23-17)19(21)20-13(4)8-7-12(2)3/h9-13H,6-8H2,1-5H3,(H,20,21)/t13-/m1/s1. The minimum atomic E-state index is -0.145. The highest BCUT2D eigenvalue weighted by molar-refractivity contribution is 5.99. The van der Waals surface area contributed by atoms with E-state index in [1.165, 1.54) is 0 Å². The summed E-state index contributed by atoms with van der Waals surface area (Å²) in [5.41, 5.74) is 1.57. The van der Waals surface area contributed by atoms with Gasteiger partial charge in [-0.3, -0.25) is 4.79 Å². The van der Waals surface area contributed by atoms with Gasteiger partial charge in [-0.2, -0.15) is 0 Å². The van der Waals surface area contributed by atoms with Crippen LogP contribution in [-0.4, -0.2) is 18.6 Å². The van der Waals surface area contributed by atoms with Gasteiger partial charge in [-0.25, -0.2) is 0 Å². The Morgan fingerprint density at radius 1 is 1.26 bits per heavy atom. The lowest BCUT2D eigenvalue weighted by Gasteiger charge is -2.14. The normalized spacial score (nSPS) is 12.6. The Hall–Kier alpha value is -1.97. The van der Waals surface area contributed by atoms with Crippen LogP contribution in [0.3, 0.4) is 0 Å². The molecule has 1 atom stereocenters. The van der Waals surface area contributed by atoms with Gasteiger partial charge in [-0.15, -0.1) is 0 Å². The van der Waals surface area contributed by atoms with Crippen molar-refractivity contribution in [3.05, 3.63) is 29.5 Å². The maximum Gasteiger partial charge on any atom is 0.287 e. The Bertz CT molecular complexity index is 673. The van der Waals surface area contributed by atoms with Crippen LogP contribution in [-0.2, 0) is 0 Å². The van der Waals surface area contributed by atoms with Gasteiger partial charge in [0, 0.05) is 17.0 Å². The van der Waals surface area contributed by atoms with Crippen molar-refractivity contribution < 1.29 is 13.9 Å². The first-order valence-electron chi connectivity index (χ1n) is 8.39. The van der Waals surface area contributed by atoms with Gasteiger partial charge in [0.2, 0.25) is 0 Å². The van der Waals surface area contributed by atoms with Gasteiger partial charge >= 0.3 is 0 Å². The van der Waals surface area contributed by atoms with Gasteiger partial charge in [0.1, 0.15) is 11.3 Å². The number of aryl methyl sites for hydroxylation is 1. The van der Waals surface area contributed by atoms with Crippen molar-refractivity contribution in [2.24, 2.45) is 5.92 Å². The molecular formula is C19H27NO3. The molecule has 126 valence electrons. The molecular weight excluding hydrogens is 290 g/mol. The molecule has 0 bridgehead atoms. The second kappa shape index (κ2) is 7.53. The molecule has 1 heterocycles. The highest BCUT2D eigenvalue weighted by Gasteiger charge is 2.19. The Labute approximate surface area is 138 Å². The average molecular weight is 317 g/mol. The van der Waals surface area contributed by atoms with Crippen molar-refractivity contribution in [2.75, 3.05) is 6.61 Å². The summed E-state index contributed by atoms with van der Waals surface area (Å²) in [6.45, 7) is 10.9. The molecule has 4 nitrogen and oxygen atoms in total. The summed E-state index contributed by atoms with van der Waals surface area (Å²) in [6.07, 6.45) is 2.06. The zero-order valence-corrected chi connectivity index (χ0v) is 14.7. The third kappa shape index (κ3) is 4.27. The quantitative estimate of drug-likeness (QED) is 0.805. The number of carbonyl (C=O) groups excluding carboxylic acids is 1. The lowest BCUT2D eigenvalue weighted by Crippen LogP contribution is -2.32. The monoisotopic (exact) mass is 317 g/mol. The molecule has 0 aliphatic carbocycles. The summed E-state index contributed by atoms with van der Waals surface area (Å²) in [4.78, 5) is 12.5. The van der Waals surface area contributed by atoms with Crippen LogP contribution < -0.4 is 10.1 Å². The molecule has 4 heteroatoms. The van der Waals surface area contributed by atoms with Gasteiger partial charge in [-0.05, 0) is 57.7 Å². The number of amides is 1. The molecule has 1 aromatic heterocycles. The summed E-state index contributed by atoms with van der Waals surface area (Å²) in [5.74, 6) is 1.68. The molecule has 23 heavy (non-hydrogen) atoms. The number of furan rings is 1. The van der Waals surface area contributed by atoms with Crippen molar-refractivity contribution >= 4 is 16.9 Å². The van der Waals surface area contributed by atoms with Crippen LogP contribution >= 0.6 is 0 Å². The maximum absolute atomic E-state index is 12.5. The molecule has 1 N–H and O–H groups in total. The molecule has 0 spiro atoms. The van der Waals surface area contributed by atoms with Crippen molar-refractivity contribution in [1.29, 1.82) is 0 Å². The number of ether oxygens (including phenoxy) is 1. The van der Waals surface area contributed by atoms with Crippen LogP contribution in [0, 0.1) is 12.8 Å². The van der Waals surface area contributed by atoms with E-state index in [4.69, 9.17) is 9.15 Å². The summed E-state index contributed by atoms with van der Waals surface area (Å²) in [5, 5.41) is 3.96. The van der Waals surface area contributed by atoms with Crippen LogP contribution in [0.4, 0.5) is 0 Å². The summed E-state index contributed by atoms with van der Waals surface area (Å²) < 4.78 is 11.3. The Balaban J connectivity index is 2.15. The number of carbonyl (C=O) groups is 1. The third-order valence-electron chi connectivity index (χ3n) is 3.98. The van der Waals surface area contributed by atoms with Gasteiger partial charge in [0.15, 0.2) is 5.76 Å². The molecule has 2 rings (SSSR count). The average Bonchev–Trinajstić information content (AvgIpc) is 2.83. The SMILES string of the molecule is CCOc1ccc2oc(C(=O)N[C@H](C)CCC(C)C)c(C)c2c1. The molecule has 1 aromatic carbocycles. The smallest absolute Gasteiger partial charge is 0.287 e. The molecule has 0 unspecified atom stereocenters. The molecule has 0 radical (unpaired) electrons. The van der Waals surface area contributed by atoms with Gasteiger partial charge in [-0.1, -0.05) is 13.8 Å². The van der Waals surface area contributed by atoms with E-state index >= 15 is 0 Å². The van der Waals surface area contributed by atoms with E-state index in [1.54, 1.807) is 0 Å². The first-order chi connectivity index (χ1) is 10.9. The molecule has 1 amide bonds. The van der Waals surface area contributed by atoms with Crippen LogP contribution in [0.25, 0.3) is 11.0 Å². The largest absolute Gasteiger partial charge is 0.494 e. The molecule has 0 aliphatic heterocycles. The fourth-order valence-electron chi connectivity index (χ4n) is 2.62. The number of hydrogen-bond acceptors (Lipinski definition) is 3. The Morgan fingerprint density at radius 3 is 2.65 bits per heavy atom. The summed E-state index contributed by atoms with van der Waals surface area (Å²) >= 11 is 0. The van der Waals surface area contributed by atoms with Gasteiger partial charge in [0.25, 0.3) is 5.91 Å². The zero-order chi connectivity index (χ0) is 17.0. The van der Waals surface area contributed by atoms with Crippen molar-refractivity contribution in [3.8, 4) is 5.75 Å². The third-order valence-corrected chi connectivity index (χ3v) is 3.98. The number of fused-ring (bicyclic) bond motifs is 1. The van der Waals surface area contributed by atoms with Crippen molar-refractivity contribution in [2.45, 2.75) is 53.5 Å². The number of benzene rings is 1. The molecule has 0 fully saturated rings. The van der Waals surface area contributed by atoms with Crippen LogP contribution in [0.15, 0.2) is 22.6 Å². The maximum atomic E-state index is 12.5. The van der Waals surface area contributed by atoms with Crippen LogP contribution in [0.2, 0.25) is 0 Å². The van der Waals surface area contributed by atoms with E-state index < -0.39 is 0 Å². The molecule has 0 saturated carbocycles. The van der Waals surface area contributed by atoms with E-state index in [9.17, 15) is 4.79 Å². The second-order valence-corrected chi connectivity index (χ2v) is 6.49. The summed E-state index contributed by atoms with van der Waals surface area (Å²) in [7, 11) is 0. The minimum Gasteiger partial charge on any atom is -0.494 e. The first-order valence-corrected chi connectivity index (χ1v) is 8.39. The number of rotatable bonds is 7. The van der Waals surface area contributed by atoms with Gasteiger partial charge in [0.05, 0.1) is 6.61 Å². The lowest BCUT2D eigenvalue weighted by molar-refractivity contribution is 0.0910. The minimum absolute atomic E-state index is 0.136. The van der Waals surface area contributed by atoms with Crippen LogP contribution in [0.5, 0.6) is 5.75 Å². The predicted octanol–water partition coefficient (Wildman–Crippen LogP) is 4.69. The fourth-order valence-corrected chi connectivity index (χ4v) is 2.62.